The Bertz CT molecular complexity index is 635. The fourth-order valence-electron chi connectivity index (χ4n) is 4.02. The Morgan fingerprint density at radius 3 is 2.39 bits per heavy atom. The Morgan fingerprint density at radius 1 is 1.22 bits per heavy atom. The lowest BCUT2D eigenvalue weighted by molar-refractivity contribution is -0.176. The summed E-state index contributed by atoms with van der Waals surface area (Å²) in [5.74, 6) is -1.65. The third-order valence-electron chi connectivity index (χ3n) is 5.99. The third-order valence-corrected chi connectivity index (χ3v) is 5.99. The van der Waals surface area contributed by atoms with Gasteiger partial charge in [0, 0.05) is 23.5 Å². The molecule has 1 N–H and O–H groups in total. The summed E-state index contributed by atoms with van der Waals surface area (Å²) in [6.07, 6.45) is -1.40. The summed E-state index contributed by atoms with van der Waals surface area (Å²) in [4.78, 5) is 38.3. The number of aliphatic hydroxyl groups excluding tert-OH is 1. The zero-order chi connectivity index (χ0) is 17.2. The quantitative estimate of drug-likeness (QED) is 0.723. The van der Waals surface area contributed by atoms with E-state index in [9.17, 15) is 19.5 Å². The molecule has 126 valence electrons. The summed E-state index contributed by atoms with van der Waals surface area (Å²) >= 11 is 0. The van der Waals surface area contributed by atoms with E-state index in [0.717, 1.165) is 0 Å². The van der Waals surface area contributed by atoms with Gasteiger partial charge in [0.1, 0.15) is 0 Å². The number of aliphatic hydroxyl groups is 1. The van der Waals surface area contributed by atoms with Crippen molar-refractivity contribution >= 4 is 17.5 Å². The molecule has 0 aromatic rings. The lowest BCUT2D eigenvalue weighted by atomic mass is 9.57. The normalized spacial score (nSPS) is 43.9. The first-order chi connectivity index (χ1) is 10.7. The van der Waals surface area contributed by atoms with E-state index in [4.69, 9.17) is 9.47 Å². The van der Waals surface area contributed by atoms with Crippen LogP contribution in [-0.4, -0.2) is 47.1 Å². The van der Waals surface area contributed by atoms with Crippen LogP contribution in [0.4, 0.5) is 0 Å². The number of Topliss-reactive ketones (excluding diaryl/α,β-unsaturated/α-hetero) is 2. The maximum Gasteiger partial charge on any atom is 0.336 e. The fraction of sp³-hybridized carbons (Fsp3) is 0.706. The molecule has 2 heterocycles. The molecule has 1 saturated heterocycles. The highest BCUT2D eigenvalue weighted by molar-refractivity contribution is 6.20. The molecule has 6 heteroatoms. The van der Waals surface area contributed by atoms with Crippen molar-refractivity contribution in [1.82, 2.24) is 0 Å². The van der Waals surface area contributed by atoms with Crippen LogP contribution in [0.3, 0.4) is 0 Å². The van der Waals surface area contributed by atoms with Gasteiger partial charge in [0.2, 0.25) is 5.78 Å². The molecule has 0 amide bonds. The summed E-state index contributed by atoms with van der Waals surface area (Å²) in [5, 5.41) is 9.88. The third kappa shape index (κ3) is 1.85. The van der Waals surface area contributed by atoms with Crippen molar-refractivity contribution < 1.29 is 29.0 Å². The molecule has 0 aromatic heterocycles. The molecule has 0 saturated carbocycles. The molecule has 0 aromatic carbocycles. The number of carbonyl (C=O) groups is 3. The van der Waals surface area contributed by atoms with Crippen LogP contribution in [0.1, 0.15) is 40.5 Å². The van der Waals surface area contributed by atoms with E-state index in [1.54, 1.807) is 13.8 Å². The van der Waals surface area contributed by atoms with Crippen LogP contribution in [0.2, 0.25) is 0 Å². The molecule has 5 unspecified atom stereocenters. The minimum atomic E-state index is -1.60. The zero-order valence-corrected chi connectivity index (χ0v) is 13.8. The molecule has 3 aliphatic rings. The number of esters is 1. The predicted molar refractivity (Wildman–Crippen MR) is 79.5 cm³/mol. The number of hydrogen-bond acceptors (Lipinski definition) is 6. The van der Waals surface area contributed by atoms with Crippen molar-refractivity contribution in [2.24, 2.45) is 11.3 Å². The van der Waals surface area contributed by atoms with E-state index in [0.29, 0.717) is 17.6 Å². The van der Waals surface area contributed by atoms with Crippen LogP contribution in [0, 0.1) is 11.3 Å². The first-order valence-corrected chi connectivity index (χ1v) is 8.04. The van der Waals surface area contributed by atoms with Gasteiger partial charge in [0.25, 0.3) is 0 Å². The van der Waals surface area contributed by atoms with Crippen LogP contribution in [-0.2, 0) is 23.9 Å². The van der Waals surface area contributed by atoms with Gasteiger partial charge in [-0.2, -0.15) is 0 Å². The minimum absolute atomic E-state index is 0.105. The molecule has 2 aliphatic heterocycles. The average molecular weight is 322 g/mol. The summed E-state index contributed by atoms with van der Waals surface area (Å²) in [5.41, 5.74) is -1.98. The summed E-state index contributed by atoms with van der Waals surface area (Å²) < 4.78 is 11.0. The molecule has 1 fully saturated rings. The van der Waals surface area contributed by atoms with Gasteiger partial charge < -0.3 is 14.6 Å². The van der Waals surface area contributed by atoms with Gasteiger partial charge in [-0.05, 0) is 20.3 Å². The number of ketones is 2. The minimum Gasteiger partial charge on any atom is -0.448 e. The topological polar surface area (TPSA) is 89.9 Å². The van der Waals surface area contributed by atoms with Gasteiger partial charge in [0.15, 0.2) is 17.5 Å². The second-order valence-electron chi connectivity index (χ2n) is 7.01. The second-order valence-corrected chi connectivity index (χ2v) is 7.01. The molecule has 1 aliphatic carbocycles. The highest BCUT2D eigenvalue weighted by Crippen LogP contribution is 2.53. The Kier molecular flexibility index (Phi) is 3.54. The van der Waals surface area contributed by atoms with Crippen molar-refractivity contribution in [2.75, 3.05) is 6.61 Å². The van der Waals surface area contributed by atoms with Crippen LogP contribution >= 0.6 is 0 Å². The summed E-state index contributed by atoms with van der Waals surface area (Å²) in [6, 6.07) is 0. The van der Waals surface area contributed by atoms with Gasteiger partial charge in [-0.25, -0.2) is 4.79 Å². The standard InChI is InChI=1S/C17H22O6/c1-5-16(4)13(19)10-7-22-9(3)8(2)12(10)14(20)17(16)6-11(18)15(21)23-17/h8-9,11,18H,5-7H2,1-4H3. The maximum absolute atomic E-state index is 13.3. The largest absolute Gasteiger partial charge is 0.448 e. The van der Waals surface area contributed by atoms with E-state index >= 15 is 0 Å². The maximum atomic E-state index is 13.3. The predicted octanol–water partition coefficient (Wildman–Crippen LogP) is 0.952. The smallest absolute Gasteiger partial charge is 0.336 e. The molecule has 3 rings (SSSR count). The van der Waals surface area contributed by atoms with Crippen LogP contribution in [0.5, 0.6) is 0 Å². The Balaban J connectivity index is 2.22. The van der Waals surface area contributed by atoms with Gasteiger partial charge in [0.05, 0.1) is 18.1 Å². The Labute approximate surface area is 134 Å². The molecule has 23 heavy (non-hydrogen) atoms. The molecule has 6 nitrogen and oxygen atoms in total. The van der Waals surface area contributed by atoms with Crippen LogP contribution < -0.4 is 0 Å². The van der Waals surface area contributed by atoms with Crippen LogP contribution in [0.15, 0.2) is 11.1 Å². The molecular weight excluding hydrogens is 300 g/mol. The van der Waals surface area contributed by atoms with Gasteiger partial charge >= 0.3 is 5.97 Å². The zero-order valence-electron chi connectivity index (χ0n) is 13.8. The molecule has 0 bridgehead atoms. The Hall–Kier alpha value is -1.53. The van der Waals surface area contributed by atoms with Crippen molar-refractivity contribution in [3.63, 3.8) is 0 Å². The average Bonchev–Trinajstić information content (AvgIpc) is 2.83. The fourth-order valence-corrected chi connectivity index (χ4v) is 4.02. The lowest BCUT2D eigenvalue weighted by Gasteiger charge is -2.48. The highest BCUT2D eigenvalue weighted by Gasteiger charge is 2.68. The van der Waals surface area contributed by atoms with E-state index in [1.807, 2.05) is 13.8 Å². The number of carbonyl (C=O) groups excluding carboxylic acids is 3. The first-order valence-electron chi connectivity index (χ1n) is 8.04. The number of hydrogen-bond donors (Lipinski definition) is 1. The molecule has 5 atom stereocenters. The monoisotopic (exact) mass is 322 g/mol. The van der Waals surface area contributed by atoms with Crippen molar-refractivity contribution in [3.05, 3.63) is 11.1 Å². The summed E-state index contributed by atoms with van der Waals surface area (Å²) in [6.45, 7) is 7.22. The first kappa shape index (κ1) is 16.3. The summed E-state index contributed by atoms with van der Waals surface area (Å²) in [7, 11) is 0. The second kappa shape index (κ2) is 4.98. The van der Waals surface area contributed by atoms with E-state index in [2.05, 4.69) is 0 Å². The van der Waals surface area contributed by atoms with Gasteiger partial charge in [-0.15, -0.1) is 0 Å². The van der Waals surface area contributed by atoms with Crippen molar-refractivity contribution in [2.45, 2.75) is 58.3 Å². The van der Waals surface area contributed by atoms with Crippen LogP contribution in [0.25, 0.3) is 0 Å². The van der Waals surface area contributed by atoms with Gasteiger partial charge in [-0.3, -0.25) is 9.59 Å². The number of ether oxygens (including phenoxy) is 2. The van der Waals surface area contributed by atoms with Crippen molar-refractivity contribution in [3.8, 4) is 0 Å². The molecular formula is C17H22O6. The van der Waals surface area contributed by atoms with Crippen molar-refractivity contribution in [1.29, 1.82) is 0 Å². The van der Waals surface area contributed by atoms with E-state index < -0.39 is 23.1 Å². The Morgan fingerprint density at radius 2 is 1.87 bits per heavy atom. The molecule has 0 radical (unpaired) electrons. The number of rotatable bonds is 1. The molecule has 1 spiro atoms. The lowest BCUT2D eigenvalue weighted by Crippen LogP contribution is -2.62. The van der Waals surface area contributed by atoms with E-state index in [-0.39, 0.29) is 36.6 Å². The van der Waals surface area contributed by atoms with E-state index in [1.165, 1.54) is 0 Å². The van der Waals surface area contributed by atoms with Gasteiger partial charge in [-0.1, -0.05) is 13.8 Å². The SMILES string of the molecule is CCC1(C)C(=O)C2=C(C(=O)C13CC(O)C(=O)O3)C(C)C(C)OC2. The highest BCUT2D eigenvalue weighted by atomic mass is 16.6.